The summed E-state index contributed by atoms with van der Waals surface area (Å²) in [5, 5.41) is 8.86. The lowest BCUT2D eigenvalue weighted by atomic mass is 10.2. The highest BCUT2D eigenvalue weighted by Crippen LogP contribution is 2.32. The Kier molecular flexibility index (Phi) is 5.71. The predicted octanol–water partition coefficient (Wildman–Crippen LogP) is 1.92. The van der Waals surface area contributed by atoms with Crippen LogP contribution in [0.25, 0.3) is 0 Å². The molecule has 1 aromatic carbocycles. The van der Waals surface area contributed by atoms with E-state index >= 15 is 0 Å². The number of aromatic nitrogens is 3. The first-order valence-electron chi connectivity index (χ1n) is 10.3. The van der Waals surface area contributed by atoms with Crippen LogP contribution in [0.15, 0.2) is 24.3 Å². The van der Waals surface area contributed by atoms with Gasteiger partial charge in [0, 0.05) is 45.3 Å². The average Bonchev–Trinajstić information content (AvgIpc) is 3.38. The van der Waals surface area contributed by atoms with Gasteiger partial charge in [-0.1, -0.05) is 0 Å². The van der Waals surface area contributed by atoms with Gasteiger partial charge in [0.1, 0.15) is 11.6 Å². The monoisotopic (exact) mass is 398 g/mol. The van der Waals surface area contributed by atoms with E-state index in [0.717, 1.165) is 62.1 Å². The standard InChI is InChI=1S/C21H30N6O2/c1-24-13-14-27-19(15-24)22-23-21(27)18-5-4-11-26(18)20(28)10-12-25(2)16-6-8-17(29-3)9-7-16/h6-9,18H,4-5,10-15H2,1-3H3/t18-/m0/s1. The molecule has 0 N–H and O–H groups in total. The molecule has 0 saturated carbocycles. The number of benzene rings is 1. The minimum absolute atomic E-state index is 0.0541. The number of hydrogen-bond donors (Lipinski definition) is 0. The molecule has 1 fully saturated rings. The summed E-state index contributed by atoms with van der Waals surface area (Å²) in [7, 11) is 5.78. The lowest BCUT2D eigenvalue weighted by Gasteiger charge is -2.28. The van der Waals surface area contributed by atoms with Gasteiger partial charge in [0.2, 0.25) is 5.91 Å². The third-order valence-electron chi connectivity index (χ3n) is 6.02. The van der Waals surface area contributed by atoms with Crippen LogP contribution < -0.4 is 9.64 Å². The topological polar surface area (TPSA) is 66.7 Å². The minimum atomic E-state index is 0.0541. The normalized spacial score (nSPS) is 19.3. The number of carbonyl (C=O) groups is 1. The predicted molar refractivity (Wildman–Crippen MR) is 111 cm³/mol. The van der Waals surface area contributed by atoms with Crippen molar-refractivity contribution < 1.29 is 9.53 Å². The van der Waals surface area contributed by atoms with Crippen molar-refractivity contribution >= 4 is 11.6 Å². The average molecular weight is 399 g/mol. The summed E-state index contributed by atoms with van der Waals surface area (Å²) in [5.74, 6) is 2.99. The Morgan fingerprint density at radius 1 is 1.21 bits per heavy atom. The maximum atomic E-state index is 13.0. The largest absolute Gasteiger partial charge is 0.497 e. The van der Waals surface area contributed by atoms with Crippen molar-refractivity contribution in [2.24, 2.45) is 0 Å². The van der Waals surface area contributed by atoms with Crippen molar-refractivity contribution in [1.29, 1.82) is 0 Å². The summed E-state index contributed by atoms with van der Waals surface area (Å²) < 4.78 is 7.43. The van der Waals surface area contributed by atoms with Crippen molar-refractivity contribution in [3.8, 4) is 5.75 Å². The molecule has 1 atom stereocenters. The van der Waals surface area contributed by atoms with E-state index in [9.17, 15) is 4.79 Å². The second-order valence-electron chi connectivity index (χ2n) is 7.98. The number of hydrogen-bond acceptors (Lipinski definition) is 6. The SMILES string of the molecule is COc1ccc(N(C)CCC(=O)N2CCC[C@H]2c2nnc3n2CCN(C)C3)cc1. The number of anilines is 1. The van der Waals surface area contributed by atoms with E-state index in [0.29, 0.717) is 13.0 Å². The van der Waals surface area contributed by atoms with Crippen molar-refractivity contribution in [2.45, 2.75) is 38.4 Å². The molecular formula is C21H30N6O2. The van der Waals surface area contributed by atoms with E-state index in [1.165, 1.54) is 0 Å². The van der Waals surface area contributed by atoms with Gasteiger partial charge in [-0.3, -0.25) is 9.69 Å². The molecule has 0 radical (unpaired) electrons. The highest BCUT2D eigenvalue weighted by molar-refractivity contribution is 5.77. The Bertz CT molecular complexity index is 849. The van der Waals surface area contributed by atoms with E-state index in [1.54, 1.807) is 7.11 Å². The minimum Gasteiger partial charge on any atom is -0.497 e. The molecule has 29 heavy (non-hydrogen) atoms. The fourth-order valence-corrected chi connectivity index (χ4v) is 4.25. The van der Waals surface area contributed by atoms with Gasteiger partial charge in [-0.25, -0.2) is 0 Å². The van der Waals surface area contributed by atoms with Crippen LogP contribution in [0.1, 0.15) is 37.0 Å². The zero-order valence-corrected chi connectivity index (χ0v) is 17.5. The van der Waals surface area contributed by atoms with Gasteiger partial charge in [0.25, 0.3) is 0 Å². The van der Waals surface area contributed by atoms with Gasteiger partial charge in [-0.05, 0) is 44.2 Å². The summed E-state index contributed by atoms with van der Waals surface area (Å²) in [6, 6.07) is 7.97. The van der Waals surface area contributed by atoms with Crippen LogP contribution in [-0.2, 0) is 17.9 Å². The Labute approximate surface area is 172 Å². The van der Waals surface area contributed by atoms with Crippen LogP contribution in [0.3, 0.4) is 0 Å². The van der Waals surface area contributed by atoms with Crippen molar-refractivity contribution in [1.82, 2.24) is 24.6 Å². The van der Waals surface area contributed by atoms with Crippen LogP contribution in [0.5, 0.6) is 5.75 Å². The number of nitrogens with zero attached hydrogens (tertiary/aromatic N) is 6. The Balaban J connectivity index is 1.39. The summed E-state index contributed by atoms with van der Waals surface area (Å²) in [6.07, 6.45) is 2.48. The van der Waals surface area contributed by atoms with E-state index in [4.69, 9.17) is 4.74 Å². The Morgan fingerprint density at radius 2 is 2.00 bits per heavy atom. The maximum Gasteiger partial charge on any atom is 0.224 e. The Morgan fingerprint density at radius 3 is 2.76 bits per heavy atom. The van der Waals surface area contributed by atoms with Gasteiger partial charge in [0.15, 0.2) is 5.82 Å². The quantitative estimate of drug-likeness (QED) is 0.741. The molecule has 2 aliphatic rings. The van der Waals surface area contributed by atoms with E-state index < -0.39 is 0 Å². The molecule has 1 amide bonds. The molecule has 0 aliphatic carbocycles. The molecular weight excluding hydrogens is 368 g/mol. The lowest BCUT2D eigenvalue weighted by Crippen LogP contribution is -2.36. The molecule has 0 bridgehead atoms. The van der Waals surface area contributed by atoms with Crippen LogP contribution in [-0.4, -0.2) is 71.3 Å². The summed E-state index contributed by atoms with van der Waals surface area (Å²) >= 11 is 0. The number of ether oxygens (including phenoxy) is 1. The molecule has 2 aliphatic heterocycles. The fraction of sp³-hybridized carbons (Fsp3) is 0.571. The number of amides is 1. The molecule has 1 aromatic heterocycles. The number of carbonyl (C=O) groups excluding carboxylic acids is 1. The molecule has 1 saturated heterocycles. The third-order valence-corrected chi connectivity index (χ3v) is 6.02. The number of likely N-dealkylation sites (tertiary alicyclic amines) is 1. The molecule has 2 aromatic rings. The molecule has 8 heteroatoms. The molecule has 0 unspecified atom stereocenters. The molecule has 4 rings (SSSR count). The van der Waals surface area contributed by atoms with E-state index in [2.05, 4.69) is 31.6 Å². The van der Waals surface area contributed by atoms with Crippen molar-refractivity contribution in [3.63, 3.8) is 0 Å². The lowest BCUT2D eigenvalue weighted by molar-refractivity contribution is -0.132. The molecule has 0 spiro atoms. The van der Waals surface area contributed by atoms with Crippen LogP contribution in [0.4, 0.5) is 5.69 Å². The first kappa shape index (κ1) is 19.7. The van der Waals surface area contributed by atoms with Gasteiger partial charge in [-0.2, -0.15) is 0 Å². The van der Waals surface area contributed by atoms with Crippen molar-refractivity contribution in [2.75, 3.05) is 45.7 Å². The smallest absolute Gasteiger partial charge is 0.224 e. The third kappa shape index (κ3) is 4.07. The fourth-order valence-electron chi connectivity index (χ4n) is 4.25. The molecule has 3 heterocycles. The van der Waals surface area contributed by atoms with Crippen LogP contribution in [0.2, 0.25) is 0 Å². The second kappa shape index (κ2) is 8.41. The molecule has 156 valence electrons. The van der Waals surface area contributed by atoms with Gasteiger partial charge >= 0.3 is 0 Å². The number of likely N-dealkylation sites (N-methyl/N-ethyl adjacent to an activating group) is 1. The van der Waals surface area contributed by atoms with Crippen LogP contribution >= 0.6 is 0 Å². The number of methoxy groups -OCH3 is 1. The first-order valence-corrected chi connectivity index (χ1v) is 10.3. The highest BCUT2D eigenvalue weighted by atomic mass is 16.5. The van der Waals surface area contributed by atoms with Crippen LogP contribution in [0, 0.1) is 0 Å². The second-order valence-corrected chi connectivity index (χ2v) is 7.98. The first-order chi connectivity index (χ1) is 14.1. The van der Waals surface area contributed by atoms with Gasteiger partial charge in [0.05, 0.1) is 19.7 Å². The molecule has 8 nitrogen and oxygen atoms in total. The van der Waals surface area contributed by atoms with Crippen molar-refractivity contribution in [3.05, 3.63) is 35.9 Å². The maximum absolute atomic E-state index is 13.0. The zero-order chi connectivity index (χ0) is 20.4. The van der Waals surface area contributed by atoms with E-state index in [-0.39, 0.29) is 11.9 Å². The van der Waals surface area contributed by atoms with Gasteiger partial charge in [-0.15, -0.1) is 10.2 Å². The number of fused-ring (bicyclic) bond motifs is 1. The summed E-state index contributed by atoms with van der Waals surface area (Å²) in [5.41, 5.74) is 1.08. The Hall–Kier alpha value is -2.61. The summed E-state index contributed by atoms with van der Waals surface area (Å²) in [4.78, 5) is 19.4. The van der Waals surface area contributed by atoms with E-state index in [1.807, 2.05) is 36.2 Å². The number of rotatable bonds is 6. The highest BCUT2D eigenvalue weighted by Gasteiger charge is 2.34. The van der Waals surface area contributed by atoms with Gasteiger partial charge < -0.3 is 19.1 Å². The summed E-state index contributed by atoms with van der Waals surface area (Å²) in [6.45, 7) is 4.19. The zero-order valence-electron chi connectivity index (χ0n) is 17.5.